The first-order valence-electron chi connectivity index (χ1n) is 5.89. The van der Waals surface area contributed by atoms with Crippen molar-refractivity contribution in [2.24, 2.45) is 0 Å². The van der Waals surface area contributed by atoms with Gasteiger partial charge in [0.25, 0.3) is 0 Å². The Kier molecular flexibility index (Phi) is 3.51. The predicted molar refractivity (Wildman–Crippen MR) is 64.0 cm³/mol. The van der Waals surface area contributed by atoms with E-state index in [2.05, 4.69) is 34.2 Å². The van der Waals surface area contributed by atoms with Crippen molar-refractivity contribution < 1.29 is 0 Å². The Bertz CT molecular complexity index is 317. The van der Waals surface area contributed by atoms with Crippen molar-refractivity contribution in [3.8, 4) is 0 Å². The molecular formula is C12H20N4. The summed E-state index contributed by atoms with van der Waals surface area (Å²) in [6, 6.07) is 1.86. The van der Waals surface area contributed by atoms with Gasteiger partial charge >= 0.3 is 0 Å². The Balaban J connectivity index is 1.86. The van der Waals surface area contributed by atoms with Gasteiger partial charge in [0.2, 0.25) is 0 Å². The van der Waals surface area contributed by atoms with E-state index in [1.807, 2.05) is 18.5 Å². The smallest absolute Gasteiger partial charge is 0.142 e. The van der Waals surface area contributed by atoms with Crippen LogP contribution in [0.5, 0.6) is 0 Å². The number of nitrogens with zero attached hydrogens (tertiary/aromatic N) is 3. The molecule has 1 fully saturated rings. The van der Waals surface area contributed by atoms with E-state index in [-0.39, 0.29) is 0 Å². The first-order chi connectivity index (χ1) is 7.72. The molecule has 0 amide bonds. The van der Waals surface area contributed by atoms with Gasteiger partial charge in [0.05, 0.1) is 6.54 Å². The molecule has 0 saturated carbocycles. The lowest BCUT2D eigenvalue weighted by Gasteiger charge is -2.39. The number of hydrogen-bond donors (Lipinski definition) is 1. The Hall–Kier alpha value is -1.00. The molecule has 1 aliphatic heterocycles. The van der Waals surface area contributed by atoms with Crippen LogP contribution in [0.2, 0.25) is 0 Å². The minimum atomic E-state index is 0.314. The third kappa shape index (κ3) is 2.77. The van der Waals surface area contributed by atoms with Crippen LogP contribution < -0.4 is 5.32 Å². The van der Waals surface area contributed by atoms with Gasteiger partial charge in [-0.2, -0.15) is 0 Å². The topological polar surface area (TPSA) is 41.0 Å². The van der Waals surface area contributed by atoms with Crippen LogP contribution in [-0.4, -0.2) is 40.5 Å². The summed E-state index contributed by atoms with van der Waals surface area (Å²) in [5.41, 5.74) is 0.314. The van der Waals surface area contributed by atoms with Gasteiger partial charge in [-0.1, -0.05) is 0 Å². The molecule has 1 aromatic rings. The molecule has 0 atom stereocenters. The van der Waals surface area contributed by atoms with E-state index in [9.17, 15) is 0 Å². The molecule has 0 aliphatic carbocycles. The lowest BCUT2D eigenvalue weighted by molar-refractivity contribution is 0.143. The summed E-state index contributed by atoms with van der Waals surface area (Å²) in [5.74, 6) is 0.926. The molecule has 88 valence electrons. The molecule has 1 saturated heterocycles. The number of likely N-dealkylation sites (tertiary alicyclic amines) is 1. The normalized spacial score (nSPS) is 20.9. The van der Waals surface area contributed by atoms with Crippen molar-refractivity contribution in [2.45, 2.75) is 31.8 Å². The summed E-state index contributed by atoms with van der Waals surface area (Å²) < 4.78 is 0. The standard InChI is InChI=1S/C12H20N4/c1-12(13-2)4-8-16(9-5-12)10-11-14-6-3-7-15-11/h3,6-7,13H,4-5,8-10H2,1-2H3. The summed E-state index contributed by atoms with van der Waals surface area (Å²) in [7, 11) is 2.05. The largest absolute Gasteiger partial charge is 0.314 e. The van der Waals surface area contributed by atoms with Gasteiger partial charge < -0.3 is 5.32 Å². The summed E-state index contributed by atoms with van der Waals surface area (Å²) in [6.07, 6.45) is 6.00. The second kappa shape index (κ2) is 4.89. The third-order valence-corrected chi connectivity index (χ3v) is 3.55. The van der Waals surface area contributed by atoms with Crippen LogP contribution in [0.1, 0.15) is 25.6 Å². The lowest BCUT2D eigenvalue weighted by Crippen LogP contribution is -2.49. The van der Waals surface area contributed by atoms with Crippen molar-refractivity contribution >= 4 is 0 Å². The van der Waals surface area contributed by atoms with Gasteiger partial charge in [-0.15, -0.1) is 0 Å². The van der Waals surface area contributed by atoms with Crippen LogP contribution in [0.3, 0.4) is 0 Å². The number of piperidine rings is 1. The first kappa shape index (κ1) is 11.5. The molecule has 0 bridgehead atoms. The highest BCUT2D eigenvalue weighted by Gasteiger charge is 2.28. The Morgan fingerprint density at radius 2 is 1.94 bits per heavy atom. The zero-order chi connectivity index (χ0) is 11.4. The molecule has 4 heteroatoms. The molecule has 1 N–H and O–H groups in total. The van der Waals surface area contributed by atoms with Gasteiger partial charge in [0.15, 0.2) is 0 Å². The van der Waals surface area contributed by atoms with Gasteiger partial charge in [0, 0.05) is 31.0 Å². The van der Waals surface area contributed by atoms with Crippen molar-refractivity contribution in [3.05, 3.63) is 24.3 Å². The number of rotatable bonds is 3. The first-order valence-corrected chi connectivity index (χ1v) is 5.89. The third-order valence-electron chi connectivity index (χ3n) is 3.55. The van der Waals surface area contributed by atoms with Crippen LogP contribution >= 0.6 is 0 Å². The fraction of sp³-hybridized carbons (Fsp3) is 0.667. The molecule has 1 aliphatic rings. The van der Waals surface area contributed by atoms with E-state index in [0.29, 0.717) is 5.54 Å². The minimum absolute atomic E-state index is 0.314. The lowest BCUT2D eigenvalue weighted by atomic mass is 9.90. The van der Waals surface area contributed by atoms with Crippen LogP contribution in [0.15, 0.2) is 18.5 Å². The highest BCUT2D eigenvalue weighted by atomic mass is 15.2. The second-order valence-corrected chi connectivity index (χ2v) is 4.75. The van der Waals surface area contributed by atoms with Gasteiger partial charge in [-0.05, 0) is 32.9 Å². The van der Waals surface area contributed by atoms with E-state index >= 15 is 0 Å². The van der Waals surface area contributed by atoms with Crippen molar-refractivity contribution in [2.75, 3.05) is 20.1 Å². The molecule has 4 nitrogen and oxygen atoms in total. The monoisotopic (exact) mass is 220 g/mol. The summed E-state index contributed by atoms with van der Waals surface area (Å²) in [6.45, 7) is 5.41. The number of nitrogens with one attached hydrogen (secondary N) is 1. The Labute approximate surface area is 97.1 Å². The average Bonchev–Trinajstić information content (AvgIpc) is 2.34. The van der Waals surface area contributed by atoms with E-state index < -0.39 is 0 Å². The molecular weight excluding hydrogens is 200 g/mol. The van der Waals surface area contributed by atoms with Crippen LogP contribution in [0, 0.1) is 0 Å². The fourth-order valence-corrected chi connectivity index (χ4v) is 2.07. The second-order valence-electron chi connectivity index (χ2n) is 4.75. The van der Waals surface area contributed by atoms with E-state index in [1.54, 1.807) is 0 Å². The quantitative estimate of drug-likeness (QED) is 0.826. The van der Waals surface area contributed by atoms with Gasteiger partial charge in [0.1, 0.15) is 5.82 Å². The van der Waals surface area contributed by atoms with Gasteiger partial charge in [-0.3, -0.25) is 4.90 Å². The molecule has 16 heavy (non-hydrogen) atoms. The molecule has 2 heterocycles. The fourth-order valence-electron chi connectivity index (χ4n) is 2.07. The molecule has 0 radical (unpaired) electrons. The van der Waals surface area contributed by atoms with Crippen LogP contribution in [-0.2, 0) is 6.54 Å². The number of hydrogen-bond acceptors (Lipinski definition) is 4. The number of aromatic nitrogens is 2. The Morgan fingerprint density at radius 1 is 1.31 bits per heavy atom. The summed E-state index contributed by atoms with van der Waals surface area (Å²) in [4.78, 5) is 10.9. The maximum absolute atomic E-state index is 4.26. The molecule has 2 rings (SSSR count). The van der Waals surface area contributed by atoms with Crippen molar-refractivity contribution in [1.29, 1.82) is 0 Å². The Morgan fingerprint density at radius 3 is 2.50 bits per heavy atom. The highest BCUT2D eigenvalue weighted by molar-refractivity contribution is 4.92. The summed E-state index contributed by atoms with van der Waals surface area (Å²) >= 11 is 0. The minimum Gasteiger partial charge on any atom is -0.314 e. The van der Waals surface area contributed by atoms with Crippen molar-refractivity contribution in [3.63, 3.8) is 0 Å². The van der Waals surface area contributed by atoms with E-state index in [1.165, 1.54) is 12.8 Å². The molecule has 0 spiro atoms. The van der Waals surface area contributed by atoms with Crippen LogP contribution in [0.4, 0.5) is 0 Å². The predicted octanol–water partition coefficient (Wildman–Crippen LogP) is 1.05. The SMILES string of the molecule is CNC1(C)CCN(Cc2ncccn2)CC1. The molecule has 0 aromatic carbocycles. The summed E-state index contributed by atoms with van der Waals surface area (Å²) in [5, 5.41) is 3.41. The van der Waals surface area contributed by atoms with Crippen LogP contribution in [0.25, 0.3) is 0 Å². The highest BCUT2D eigenvalue weighted by Crippen LogP contribution is 2.21. The van der Waals surface area contributed by atoms with Crippen molar-refractivity contribution in [1.82, 2.24) is 20.2 Å². The van der Waals surface area contributed by atoms with E-state index in [4.69, 9.17) is 0 Å². The van der Waals surface area contributed by atoms with Gasteiger partial charge in [-0.25, -0.2) is 9.97 Å². The zero-order valence-electron chi connectivity index (χ0n) is 10.1. The molecule has 0 unspecified atom stereocenters. The molecule has 1 aromatic heterocycles. The average molecular weight is 220 g/mol. The maximum Gasteiger partial charge on any atom is 0.142 e. The maximum atomic E-state index is 4.26. The van der Waals surface area contributed by atoms with E-state index in [0.717, 1.165) is 25.5 Å². The zero-order valence-corrected chi connectivity index (χ0v) is 10.1.